The smallest absolute Gasteiger partial charge is 0.251 e. The lowest BCUT2D eigenvalue weighted by Crippen LogP contribution is -2.44. The Balaban J connectivity index is 1.47. The molecular weight excluding hydrogens is 465 g/mol. The Kier molecular flexibility index (Phi) is 6.57. The van der Waals surface area contributed by atoms with Crippen LogP contribution >= 0.6 is 0 Å². The molecule has 9 nitrogen and oxygen atoms in total. The summed E-state index contributed by atoms with van der Waals surface area (Å²) in [6.07, 6.45) is 2.95. The molecule has 1 unspecified atom stereocenters. The standard InChI is InChI=1S/C26H22FN5O4/c27-19-11-9-18(10-12-19)16-31(24(33)17-32-22-7-2-1-6-21(22)29-30-32)25(23-8-4-14-36-23)26(34)28-15-20-5-3-13-35-20/h1-14,25H,15-17H2,(H,28,34). The number of nitrogens with one attached hydrogen (secondary N) is 1. The van der Waals surface area contributed by atoms with Crippen molar-refractivity contribution in [3.63, 3.8) is 0 Å². The molecule has 0 aliphatic carbocycles. The second-order valence-corrected chi connectivity index (χ2v) is 8.10. The van der Waals surface area contributed by atoms with Gasteiger partial charge in [0.15, 0.2) is 6.04 Å². The average molecular weight is 487 g/mol. The molecule has 36 heavy (non-hydrogen) atoms. The number of carbonyl (C=O) groups excluding carboxylic acids is 2. The lowest BCUT2D eigenvalue weighted by Gasteiger charge is -2.30. The van der Waals surface area contributed by atoms with Crippen LogP contribution in [0.1, 0.15) is 23.1 Å². The van der Waals surface area contributed by atoms with E-state index in [2.05, 4.69) is 15.6 Å². The Morgan fingerprint density at radius 2 is 1.75 bits per heavy atom. The van der Waals surface area contributed by atoms with Crippen LogP contribution in [0.15, 0.2) is 94.2 Å². The highest BCUT2D eigenvalue weighted by atomic mass is 19.1. The van der Waals surface area contributed by atoms with E-state index in [9.17, 15) is 14.0 Å². The van der Waals surface area contributed by atoms with Gasteiger partial charge in [-0.05, 0) is 54.1 Å². The minimum Gasteiger partial charge on any atom is -0.467 e. The SMILES string of the molecule is O=C(NCc1ccco1)C(c1ccco1)N(Cc1ccc(F)cc1)C(=O)Cn1nnc2ccccc21. The summed E-state index contributed by atoms with van der Waals surface area (Å²) in [4.78, 5) is 28.6. The van der Waals surface area contributed by atoms with Crippen molar-refractivity contribution in [2.45, 2.75) is 25.7 Å². The zero-order valence-electron chi connectivity index (χ0n) is 19.1. The van der Waals surface area contributed by atoms with Gasteiger partial charge in [0.05, 0.1) is 24.6 Å². The normalized spacial score (nSPS) is 11.9. The van der Waals surface area contributed by atoms with Crippen LogP contribution in [0.3, 0.4) is 0 Å². The van der Waals surface area contributed by atoms with Gasteiger partial charge < -0.3 is 19.1 Å². The quantitative estimate of drug-likeness (QED) is 0.339. The predicted molar refractivity (Wildman–Crippen MR) is 126 cm³/mol. The zero-order chi connectivity index (χ0) is 24.9. The summed E-state index contributed by atoms with van der Waals surface area (Å²) in [6, 6.07) is 18.7. The first-order valence-corrected chi connectivity index (χ1v) is 11.2. The molecule has 5 aromatic rings. The first-order chi connectivity index (χ1) is 17.6. The lowest BCUT2D eigenvalue weighted by molar-refractivity contribution is -0.143. The van der Waals surface area contributed by atoms with Gasteiger partial charge in [-0.15, -0.1) is 5.10 Å². The maximum Gasteiger partial charge on any atom is 0.251 e. The van der Waals surface area contributed by atoms with E-state index in [1.54, 1.807) is 42.5 Å². The fourth-order valence-electron chi connectivity index (χ4n) is 3.92. The maximum atomic E-state index is 13.7. The van der Waals surface area contributed by atoms with Crippen molar-refractivity contribution >= 4 is 22.8 Å². The Morgan fingerprint density at radius 1 is 0.972 bits per heavy atom. The van der Waals surface area contributed by atoms with Crippen molar-refractivity contribution in [3.8, 4) is 0 Å². The molecule has 1 N–H and O–H groups in total. The molecule has 5 rings (SSSR count). The van der Waals surface area contributed by atoms with Gasteiger partial charge in [0.2, 0.25) is 5.91 Å². The Hall–Kier alpha value is -4.73. The van der Waals surface area contributed by atoms with E-state index >= 15 is 0 Å². The van der Waals surface area contributed by atoms with E-state index in [1.807, 2.05) is 18.2 Å². The van der Waals surface area contributed by atoms with Crippen molar-refractivity contribution in [1.82, 2.24) is 25.2 Å². The number of aromatic nitrogens is 3. The highest BCUT2D eigenvalue weighted by Crippen LogP contribution is 2.25. The fraction of sp³-hybridized carbons (Fsp3) is 0.154. The topological polar surface area (TPSA) is 106 Å². The minimum atomic E-state index is -1.10. The number of hydrogen-bond acceptors (Lipinski definition) is 6. The molecule has 2 amide bonds. The third-order valence-electron chi connectivity index (χ3n) is 5.68. The highest BCUT2D eigenvalue weighted by Gasteiger charge is 2.34. The largest absolute Gasteiger partial charge is 0.467 e. The number of halogens is 1. The number of fused-ring (bicyclic) bond motifs is 1. The summed E-state index contributed by atoms with van der Waals surface area (Å²) in [5.74, 6) is -0.410. The minimum absolute atomic E-state index is 0.0330. The van der Waals surface area contributed by atoms with Crippen LogP contribution in [0, 0.1) is 5.82 Å². The zero-order valence-corrected chi connectivity index (χ0v) is 19.1. The molecule has 10 heteroatoms. The molecule has 0 spiro atoms. The van der Waals surface area contributed by atoms with Gasteiger partial charge in [-0.25, -0.2) is 9.07 Å². The monoisotopic (exact) mass is 487 g/mol. The van der Waals surface area contributed by atoms with Crippen molar-refractivity contribution in [2.75, 3.05) is 0 Å². The lowest BCUT2D eigenvalue weighted by atomic mass is 10.1. The molecule has 0 fully saturated rings. The van der Waals surface area contributed by atoms with Crippen LogP contribution in [0.2, 0.25) is 0 Å². The molecule has 3 aromatic heterocycles. The second-order valence-electron chi connectivity index (χ2n) is 8.10. The first kappa shape index (κ1) is 23.0. The summed E-state index contributed by atoms with van der Waals surface area (Å²) in [6.45, 7) is 0.00496. The number of carbonyl (C=O) groups is 2. The molecular formula is C26H22FN5O4. The number of benzene rings is 2. The molecule has 3 heterocycles. The number of hydrogen-bond donors (Lipinski definition) is 1. The summed E-state index contributed by atoms with van der Waals surface area (Å²) in [5.41, 5.74) is 1.97. The van der Waals surface area contributed by atoms with Crippen LogP contribution < -0.4 is 5.32 Å². The van der Waals surface area contributed by atoms with Crippen LogP contribution in [0.4, 0.5) is 4.39 Å². The van der Waals surface area contributed by atoms with Crippen molar-refractivity contribution in [2.24, 2.45) is 0 Å². The van der Waals surface area contributed by atoms with Crippen LogP contribution in [0.25, 0.3) is 11.0 Å². The maximum absolute atomic E-state index is 13.7. The van der Waals surface area contributed by atoms with Gasteiger partial charge in [-0.3, -0.25) is 9.59 Å². The molecule has 0 aliphatic rings. The fourth-order valence-corrected chi connectivity index (χ4v) is 3.92. The van der Waals surface area contributed by atoms with E-state index in [0.717, 1.165) is 0 Å². The first-order valence-electron chi connectivity index (χ1n) is 11.2. The average Bonchev–Trinajstić information content (AvgIpc) is 3.67. The van der Waals surface area contributed by atoms with E-state index < -0.39 is 23.7 Å². The van der Waals surface area contributed by atoms with Crippen molar-refractivity contribution in [3.05, 3.63) is 108 Å². The third-order valence-corrected chi connectivity index (χ3v) is 5.68. The van der Waals surface area contributed by atoms with Crippen molar-refractivity contribution in [1.29, 1.82) is 0 Å². The number of para-hydroxylation sites is 1. The number of rotatable bonds is 9. The summed E-state index contributed by atoms with van der Waals surface area (Å²) in [7, 11) is 0. The third kappa shape index (κ3) is 5.02. The van der Waals surface area contributed by atoms with E-state index in [0.29, 0.717) is 22.4 Å². The molecule has 182 valence electrons. The van der Waals surface area contributed by atoms with E-state index in [1.165, 1.54) is 34.2 Å². The van der Waals surface area contributed by atoms with Gasteiger partial charge in [0.1, 0.15) is 29.4 Å². The van der Waals surface area contributed by atoms with Gasteiger partial charge in [-0.1, -0.05) is 29.5 Å². The predicted octanol–water partition coefficient (Wildman–Crippen LogP) is 3.84. The number of nitrogens with zero attached hydrogens (tertiary/aromatic N) is 4. The van der Waals surface area contributed by atoms with Crippen LogP contribution in [-0.4, -0.2) is 31.7 Å². The van der Waals surface area contributed by atoms with Gasteiger partial charge in [-0.2, -0.15) is 0 Å². The Bertz CT molecular complexity index is 1450. The Labute approximate surface area is 205 Å². The van der Waals surface area contributed by atoms with Crippen LogP contribution in [0.5, 0.6) is 0 Å². The van der Waals surface area contributed by atoms with E-state index in [-0.39, 0.29) is 25.4 Å². The van der Waals surface area contributed by atoms with E-state index in [4.69, 9.17) is 8.83 Å². The number of amides is 2. The van der Waals surface area contributed by atoms with Gasteiger partial charge in [0, 0.05) is 6.54 Å². The summed E-state index contributed by atoms with van der Waals surface area (Å²) in [5, 5.41) is 11.0. The molecule has 0 aliphatic heterocycles. The van der Waals surface area contributed by atoms with Crippen molar-refractivity contribution < 1.29 is 22.8 Å². The Morgan fingerprint density at radius 3 is 2.50 bits per heavy atom. The summed E-state index contributed by atoms with van der Waals surface area (Å²) >= 11 is 0. The molecule has 0 saturated heterocycles. The summed E-state index contributed by atoms with van der Waals surface area (Å²) < 4.78 is 25.9. The molecule has 0 radical (unpaired) electrons. The van der Waals surface area contributed by atoms with Crippen LogP contribution in [-0.2, 0) is 29.2 Å². The second kappa shape index (κ2) is 10.3. The molecule has 0 saturated carbocycles. The molecule has 2 aromatic carbocycles. The van der Waals surface area contributed by atoms with Gasteiger partial charge in [0.25, 0.3) is 5.91 Å². The molecule has 0 bridgehead atoms. The highest BCUT2D eigenvalue weighted by molar-refractivity contribution is 5.88. The number of furan rings is 2. The van der Waals surface area contributed by atoms with Gasteiger partial charge >= 0.3 is 0 Å². The molecule has 1 atom stereocenters.